The van der Waals surface area contributed by atoms with Gasteiger partial charge in [0.25, 0.3) is 5.91 Å². The summed E-state index contributed by atoms with van der Waals surface area (Å²) in [5.74, 6) is 0.411. The second-order valence-electron chi connectivity index (χ2n) is 5.22. The Morgan fingerprint density at radius 2 is 2.08 bits per heavy atom. The highest BCUT2D eigenvalue weighted by molar-refractivity contribution is 7.22. The van der Waals surface area contributed by atoms with E-state index in [2.05, 4.69) is 25.8 Å². The molecular weight excluding hydrogens is 338 g/mol. The maximum absolute atomic E-state index is 12.3. The average Bonchev–Trinajstić information content (AvgIpc) is 3.08. The molecule has 0 atom stereocenters. The standard InChI is InChI=1S/C17H13N5O2S/c1-24-12-3-2-10-7-13(19-8-11(10)6-12)16(23)21-22-17-20-14-9-18-5-4-15(14)25-17/h2-9H,1H3,(H,20,22)(H,21,23). The van der Waals surface area contributed by atoms with E-state index in [0.29, 0.717) is 10.8 Å². The minimum Gasteiger partial charge on any atom is -0.497 e. The van der Waals surface area contributed by atoms with E-state index in [0.717, 1.165) is 26.7 Å². The highest BCUT2D eigenvalue weighted by atomic mass is 32.1. The summed E-state index contributed by atoms with van der Waals surface area (Å²) in [5.41, 5.74) is 6.53. The summed E-state index contributed by atoms with van der Waals surface area (Å²) < 4.78 is 6.18. The maximum atomic E-state index is 12.3. The summed E-state index contributed by atoms with van der Waals surface area (Å²) in [6, 6.07) is 9.21. The number of thiazole rings is 1. The topological polar surface area (TPSA) is 89.0 Å². The zero-order valence-electron chi connectivity index (χ0n) is 13.2. The third-order valence-corrected chi connectivity index (χ3v) is 4.59. The van der Waals surface area contributed by atoms with Crippen molar-refractivity contribution < 1.29 is 9.53 Å². The molecule has 4 aromatic rings. The number of carbonyl (C=O) groups excluding carboxylic acids is 1. The minimum absolute atomic E-state index is 0.313. The number of hydrazine groups is 1. The molecule has 0 fully saturated rings. The van der Waals surface area contributed by atoms with Gasteiger partial charge in [-0.25, -0.2) is 4.98 Å². The zero-order chi connectivity index (χ0) is 17.2. The molecule has 4 rings (SSSR count). The van der Waals surface area contributed by atoms with E-state index in [-0.39, 0.29) is 5.91 Å². The second-order valence-corrected chi connectivity index (χ2v) is 6.25. The van der Waals surface area contributed by atoms with Gasteiger partial charge >= 0.3 is 0 Å². The first kappa shape index (κ1) is 15.3. The van der Waals surface area contributed by atoms with E-state index in [1.165, 1.54) is 11.3 Å². The molecule has 0 aliphatic heterocycles. The molecule has 0 bridgehead atoms. The van der Waals surface area contributed by atoms with Gasteiger partial charge in [0, 0.05) is 17.8 Å². The minimum atomic E-state index is -0.338. The molecule has 0 saturated heterocycles. The number of amides is 1. The van der Waals surface area contributed by atoms with Crippen LogP contribution >= 0.6 is 11.3 Å². The number of pyridine rings is 2. The van der Waals surface area contributed by atoms with E-state index in [1.807, 2.05) is 24.3 Å². The smallest absolute Gasteiger partial charge is 0.288 e. The van der Waals surface area contributed by atoms with Gasteiger partial charge in [0.15, 0.2) is 0 Å². The fraction of sp³-hybridized carbons (Fsp3) is 0.0588. The van der Waals surface area contributed by atoms with Crippen molar-refractivity contribution in [3.63, 3.8) is 0 Å². The Morgan fingerprint density at radius 3 is 2.92 bits per heavy atom. The van der Waals surface area contributed by atoms with Crippen molar-refractivity contribution in [2.24, 2.45) is 0 Å². The number of fused-ring (bicyclic) bond motifs is 2. The second kappa shape index (κ2) is 6.33. The summed E-state index contributed by atoms with van der Waals surface area (Å²) in [5, 5.41) is 2.40. The first-order valence-electron chi connectivity index (χ1n) is 7.43. The normalized spacial score (nSPS) is 10.8. The highest BCUT2D eigenvalue weighted by Gasteiger charge is 2.10. The van der Waals surface area contributed by atoms with Crippen molar-refractivity contribution in [1.82, 2.24) is 20.4 Å². The lowest BCUT2D eigenvalue weighted by molar-refractivity contribution is 0.0958. The molecule has 0 aliphatic rings. The van der Waals surface area contributed by atoms with Crippen LogP contribution in [-0.2, 0) is 0 Å². The number of carbonyl (C=O) groups is 1. The number of nitrogens with one attached hydrogen (secondary N) is 2. The molecule has 1 amide bonds. The monoisotopic (exact) mass is 351 g/mol. The van der Waals surface area contributed by atoms with E-state index < -0.39 is 0 Å². The van der Waals surface area contributed by atoms with Gasteiger partial charge in [-0.15, -0.1) is 0 Å². The first-order valence-corrected chi connectivity index (χ1v) is 8.25. The number of rotatable bonds is 4. The van der Waals surface area contributed by atoms with Crippen LogP contribution in [0.25, 0.3) is 21.0 Å². The largest absolute Gasteiger partial charge is 0.497 e. The SMILES string of the molecule is COc1ccc2cc(C(=O)NNc3nc4cnccc4s3)ncc2c1. The van der Waals surface area contributed by atoms with E-state index in [4.69, 9.17) is 4.74 Å². The molecule has 8 heteroatoms. The van der Waals surface area contributed by atoms with Crippen LogP contribution in [0.3, 0.4) is 0 Å². The number of aromatic nitrogens is 3. The predicted octanol–water partition coefficient (Wildman–Crippen LogP) is 3.01. The van der Waals surface area contributed by atoms with Crippen LogP contribution in [0.4, 0.5) is 5.13 Å². The van der Waals surface area contributed by atoms with Crippen molar-refractivity contribution in [3.05, 3.63) is 54.6 Å². The third kappa shape index (κ3) is 3.07. The van der Waals surface area contributed by atoms with Crippen LogP contribution in [-0.4, -0.2) is 28.0 Å². The molecule has 7 nitrogen and oxygen atoms in total. The summed E-state index contributed by atoms with van der Waals surface area (Å²) in [6.45, 7) is 0. The number of hydrogen-bond acceptors (Lipinski definition) is 7. The van der Waals surface area contributed by atoms with Gasteiger partial charge in [-0.1, -0.05) is 17.4 Å². The Labute approximate surface area is 146 Å². The Morgan fingerprint density at radius 1 is 1.16 bits per heavy atom. The first-order chi connectivity index (χ1) is 12.2. The van der Waals surface area contributed by atoms with E-state index in [9.17, 15) is 4.79 Å². The number of nitrogens with zero attached hydrogens (tertiary/aromatic N) is 3. The van der Waals surface area contributed by atoms with Gasteiger partial charge in [0.05, 0.1) is 18.0 Å². The van der Waals surface area contributed by atoms with Crippen molar-refractivity contribution in [2.45, 2.75) is 0 Å². The molecule has 124 valence electrons. The van der Waals surface area contributed by atoms with Crippen molar-refractivity contribution in [3.8, 4) is 5.75 Å². The molecular formula is C17H13N5O2S. The predicted molar refractivity (Wildman–Crippen MR) is 96.8 cm³/mol. The fourth-order valence-corrected chi connectivity index (χ4v) is 3.16. The molecule has 3 heterocycles. The summed E-state index contributed by atoms with van der Waals surface area (Å²) in [7, 11) is 1.61. The summed E-state index contributed by atoms with van der Waals surface area (Å²) in [6.07, 6.45) is 5.03. The molecule has 0 aliphatic carbocycles. The van der Waals surface area contributed by atoms with Gasteiger partial charge in [-0.2, -0.15) is 0 Å². The zero-order valence-corrected chi connectivity index (χ0v) is 14.0. The van der Waals surface area contributed by atoms with Crippen LogP contribution in [0.5, 0.6) is 5.75 Å². The van der Waals surface area contributed by atoms with Gasteiger partial charge < -0.3 is 4.74 Å². The number of anilines is 1. The Hall–Kier alpha value is -3.26. The van der Waals surface area contributed by atoms with Crippen molar-refractivity contribution >= 4 is 43.4 Å². The molecule has 25 heavy (non-hydrogen) atoms. The average molecular weight is 351 g/mol. The molecule has 2 N–H and O–H groups in total. The van der Waals surface area contributed by atoms with Crippen LogP contribution in [0.1, 0.15) is 10.5 Å². The number of ether oxygens (including phenoxy) is 1. The van der Waals surface area contributed by atoms with Crippen molar-refractivity contribution in [2.75, 3.05) is 12.5 Å². The maximum Gasteiger partial charge on any atom is 0.288 e. The third-order valence-electron chi connectivity index (χ3n) is 3.63. The Kier molecular flexibility index (Phi) is 3.87. The van der Waals surface area contributed by atoms with Gasteiger partial charge in [0.1, 0.15) is 17.0 Å². The van der Waals surface area contributed by atoms with Gasteiger partial charge in [-0.3, -0.25) is 25.6 Å². The van der Waals surface area contributed by atoms with Crippen LogP contribution in [0.2, 0.25) is 0 Å². The number of benzene rings is 1. The summed E-state index contributed by atoms with van der Waals surface area (Å²) >= 11 is 1.43. The molecule has 1 aromatic carbocycles. The lowest BCUT2D eigenvalue weighted by Gasteiger charge is -2.06. The Balaban J connectivity index is 1.51. The van der Waals surface area contributed by atoms with Crippen LogP contribution in [0.15, 0.2) is 48.9 Å². The molecule has 0 saturated carbocycles. The van der Waals surface area contributed by atoms with E-state index in [1.54, 1.807) is 31.8 Å². The molecule has 3 aromatic heterocycles. The highest BCUT2D eigenvalue weighted by Crippen LogP contribution is 2.24. The fourth-order valence-electron chi connectivity index (χ4n) is 2.38. The lowest BCUT2D eigenvalue weighted by atomic mass is 10.1. The number of hydrogen-bond donors (Lipinski definition) is 2. The summed E-state index contributed by atoms with van der Waals surface area (Å²) in [4.78, 5) is 24.9. The van der Waals surface area contributed by atoms with Gasteiger partial charge in [-0.05, 0) is 29.7 Å². The quantitative estimate of drug-likeness (QED) is 0.550. The Bertz CT molecular complexity index is 1050. The molecule has 0 unspecified atom stereocenters. The van der Waals surface area contributed by atoms with Crippen LogP contribution in [0, 0.1) is 0 Å². The van der Waals surface area contributed by atoms with Gasteiger partial charge in [0.2, 0.25) is 5.13 Å². The molecule has 0 radical (unpaired) electrons. The van der Waals surface area contributed by atoms with E-state index >= 15 is 0 Å². The number of methoxy groups -OCH3 is 1. The molecule has 0 spiro atoms. The lowest BCUT2D eigenvalue weighted by Crippen LogP contribution is -2.29. The van der Waals surface area contributed by atoms with Crippen molar-refractivity contribution in [1.29, 1.82) is 0 Å². The van der Waals surface area contributed by atoms with Crippen LogP contribution < -0.4 is 15.6 Å².